The molecule has 0 unspecified atom stereocenters. The first-order valence-corrected chi connectivity index (χ1v) is 6.89. The average Bonchev–Trinajstić information content (AvgIpc) is 2.77. The third kappa shape index (κ3) is 3.64. The van der Waals surface area contributed by atoms with Crippen molar-refractivity contribution in [2.24, 2.45) is 0 Å². The Balaban J connectivity index is 2.31. The molecule has 0 aliphatic rings. The summed E-state index contributed by atoms with van der Waals surface area (Å²) in [5, 5.41) is 10.3. The van der Waals surface area contributed by atoms with E-state index in [1.807, 2.05) is 0 Å². The predicted octanol–water partition coefficient (Wildman–Crippen LogP) is 3.87. The largest absolute Gasteiger partial charge is 0.308 e. The van der Waals surface area contributed by atoms with Gasteiger partial charge < -0.3 is 5.32 Å². The molecule has 2 rings (SSSR count). The van der Waals surface area contributed by atoms with Crippen molar-refractivity contribution in [2.45, 2.75) is 32.9 Å². The molecule has 0 saturated carbocycles. The Labute approximate surface area is 120 Å². The minimum atomic E-state index is -0.260. The maximum atomic E-state index is 13.9. The standard InChI is InChI=1S/C14H17BrFN3/c1-14(2,3)17-7-9-8-18-19-13(9)11-6-10(15)4-5-12(11)16/h4-6,8,17H,7H2,1-3H3,(H,18,19). The highest BCUT2D eigenvalue weighted by Gasteiger charge is 2.15. The van der Waals surface area contributed by atoms with Crippen molar-refractivity contribution in [1.29, 1.82) is 0 Å². The fraction of sp³-hybridized carbons (Fsp3) is 0.357. The molecule has 0 radical (unpaired) electrons. The second-order valence-electron chi connectivity index (χ2n) is 5.50. The molecule has 2 N–H and O–H groups in total. The first kappa shape index (κ1) is 14.2. The quantitative estimate of drug-likeness (QED) is 0.899. The zero-order valence-electron chi connectivity index (χ0n) is 11.2. The molecule has 0 saturated heterocycles. The molecule has 2 aromatic rings. The van der Waals surface area contributed by atoms with E-state index in [2.05, 4.69) is 52.2 Å². The van der Waals surface area contributed by atoms with Crippen LogP contribution in [0.5, 0.6) is 0 Å². The summed E-state index contributed by atoms with van der Waals surface area (Å²) in [4.78, 5) is 0. The fourth-order valence-electron chi connectivity index (χ4n) is 1.73. The minimum Gasteiger partial charge on any atom is -0.308 e. The van der Waals surface area contributed by atoms with Gasteiger partial charge in [0.2, 0.25) is 0 Å². The molecule has 3 nitrogen and oxygen atoms in total. The lowest BCUT2D eigenvalue weighted by molar-refractivity contribution is 0.424. The van der Waals surface area contributed by atoms with Crippen molar-refractivity contribution in [2.75, 3.05) is 0 Å². The van der Waals surface area contributed by atoms with Gasteiger partial charge in [0.05, 0.1) is 11.9 Å². The molecule has 0 atom stereocenters. The number of nitrogens with one attached hydrogen (secondary N) is 2. The highest BCUT2D eigenvalue weighted by molar-refractivity contribution is 9.10. The first-order valence-electron chi connectivity index (χ1n) is 6.09. The lowest BCUT2D eigenvalue weighted by atomic mass is 10.1. The summed E-state index contributed by atoms with van der Waals surface area (Å²) in [5.74, 6) is -0.260. The second-order valence-corrected chi connectivity index (χ2v) is 6.41. The molecule has 0 amide bonds. The SMILES string of the molecule is CC(C)(C)NCc1cn[nH]c1-c1cc(Br)ccc1F. The zero-order valence-corrected chi connectivity index (χ0v) is 12.8. The van der Waals surface area contributed by atoms with Crippen molar-refractivity contribution in [3.8, 4) is 11.3 Å². The van der Waals surface area contributed by atoms with E-state index < -0.39 is 0 Å². The molecular formula is C14H17BrFN3. The third-order valence-electron chi connectivity index (χ3n) is 2.72. The number of rotatable bonds is 3. The Kier molecular flexibility index (Phi) is 4.06. The zero-order chi connectivity index (χ0) is 14.0. The third-order valence-corrected chi connectivity index (χ3v) is 3.22. The van der Waals surface area contributed by atoms with Crippen molar-refractivity contribution >= 4 is 15.9 Å². The van der Waals surface area contributed by atoms with Gasteiger partial charge in [-0.3, -0.25) is 5.10 Å². The number of hydrogen-bond donors (Lipinski definition) is 2. The fourth-order valence-corrected chi connectivity index (χ4v) is 2.09. The maximum Gasteiger partial charge on any atom is 0.132 e. The molecular weight excluding hydrogens is 309 g/mol. The highest BCUT2D eigenvalue weighted by atomic mass is 79.9. The van der Waals surface area contributed by atoms with Gasteiger partial charge >= 0.3 is 0 Å². The normalized spacial score (nSPS) is 11.8. The molecule has 5 heteroatoms. The van der Waals surface area contributed by atoms with Crippen LogP contribution in [0.4, 0.5) is 4.39 Å². The van der Waals surface area contributed by atoms with Crippen LogP contribution < -0.4 is 5.32 Å². The summed E-state index contributed by atoms with van der Waals surface area (Å²) in [6.45, 7) is 6.91. The van der Waals surface area contributed by atoms with Crippen molar-refractivity contribution in [3.05, 3.63) is 40.2 Å². The van der Waals surface area contributed by atoms with Crippen LogP contribution in [-0.2, 0) is 6.54 Å². The van der Waals surface area contributed by atoms with Gasteiger partial charge in [0.15, 0.2) is 0 Å². The molecule has 1 aromatic heterocycles. The topological polar surface area (TPSA) is 40.7 Å². The average molecular weight is 326 g/mol. The van der Waals surface area contributed by atoms with Gasteiger partial charge in [-0.25, -0.2) is 4.39 Å². The Morgan fingerprint density at radius 2 is 2.11 bits per heavy atom. The van der Waals surface area contributed by atoms with Crippen LogP contribution in [-0.4, -0.2) is 15.7 Å². The van der Waals surface area contributed by atoms with Crippen LogP contribution in [0, 0.1) is 5.82 Å². The van der Waals surface area contributed by atoms with Gasteiger partial charge in [0.1, 0.15) is 5.82 Å². The van der Waals surface area contributed by atoms with E-state index >= 15 is 0 Å². The number of nitrogens with zero attached hydrogens (tertiary/aromatic N) is 1. The Morgan fingerprint density at radius 1 is 1.37 bits per heavy atom. The number of hydrogen-bond acceptors (Lipinski definition) is 2. The van der Waals surface area contributed by atoms with Crippen LogP contribution in [0.15, 0.2) is 28.9 Å². The minimum absolute atomic E-state index is 0.00432. The van der Waals surface area contributed by atoms with Crippen LogP contribution in [0.2, 0.25) is 0 Å². The van der Waals surface area contributed by atoms with Crippen molar-refractivity contribution in [1.82, 2.24) is 15.5 Å². The van der Waals surface area contributed by atoms with Gasteiger partial charge in [-0.15, -0.1) is 0 Å². The number of aromatic amines is 1. The molecule has 1 aromatic carbocycles. The van der Waals surface area contributed by atoms with E-state index in [1.165, 1.54) is 6.07 Å². The summed E-state index contributed by atoms with van der Waals surface area (Å²) in [6, 6.07) is 4.88. The Hall–Kier alpha value is -1.20. The lowest BCUT2D eigenvalue weighted by Crippen LogP contribution is -2.35. The van der Waals surface area contributed by atoms with E-state index in [0.717, 1.165) is 15.7 Å². The van der Waals surface area contributed by atoms with Crippen LogP contribution in [0.1, 0.15) is 26.3 Å². The van der Waals surface area contributed by atoms with Crippen LogP contribution in [0.3, 0.4) is 0 Å². The van der Waals surface area contributed by atoms with E-state index in [9.17, 15) is 4.39 Å². The van der Waals surface area contributed by atoms with Gasteiger partial charge in [-0.1, -0.05) is 15.9 Å². The van der Waals surface area contributed by atoms with Gasteiger partial charge in [-0.05, 0) is 39.0 Å². The van der Waals surface area contributed by atoms with Gasteiger partial charge in [0, 0.05) is 27.7 Å². The van der Waals surface area contributed by atoms with E-state index in [4.69, 9.17) is 0 Å². The number of H-pyrrole nitrogens is 1. The van der Waals surface area contributed by atoms with Crippen LogP contribution in [0.25, 0.3) is 11.3 Å². The van der Waals surface area contributed by atoms with Gasteiger partial charge in [0.25, 0.3) is 0 Å². The number of benzene rings is 1. The molecule has 102 valence electrons. The predicted molar refractivity (Wildman–Crippen MR) is 78.3 cm³/mol. The molecule has 0 bridgehead atoms. The molecule has 0 aliphatic carbocycles. The van der Waals surface area contributed by atoms with Gasteiger partial charge in [-0.2, -0.15) is 5.10 Å². The summed E-state index contributed by atoms with van der Waals surface area (Å²) < 4.78 is 14.7. The first-order chi connectivity index (χ1) is 8.87. The monoisotopic (exact) mass is 325 g/mol. The van der Waals surface area contributed by atoms with Crippen molar-refractivity contribution in [3.63, 3.8) is 0 Å². The Bertz CT molecular complexity index is 572. The molecule has 19 heavy (non-hydrogen) atoms. The summed E-state index contributed by atoms with van der Waals surface area (Å²) in [5.41, 5.74) is 2.20. The maximum absolute atomic E-state index is 13.9. The van der Waals surface area contributed by atoms with E-state index in [1.54, 1.807) is 18.3 Å². The molecule has 0 spiro atoms. The Morgan fingerprint density at radius 3 is 2.79 bits per heavy atom. The van der Waals surface area contributed by atoms with E-state index in [0.29, 0.717) is 12.1 Å². The number of aromatic nitrogens is 2. The smallest absolute Gasteiger partial charge is 0.132 e. The number of halogens is 2. The van der Waals surface area contributed by atoms with E-state index in [-0.39, 0.29) is 11.4 Å². The van der Waals surface area contributed by atoms with Crippen LogP contribution >= 0.6 is 15.9 Å². The second kappa shape index (κ2) is 5.43. The summed E-state index contributed by atoms with van der Waals surface area (Å²) in [7, 11) is 0. The molecule has 1 heterocycles. The highest BCUT2D eigenvalue weighted by Crippen LogP contribution is 2.27. The van der Waals surface area contributed by atoms with Crippen molar-refractivity contribution < 1.29 is 4.39 Å². The lowest BCUT2D eigenvalue weighted by Gasteiger charge is -2.20. The summed E-state index contributed by atoms with van der Waals surface area (Å²) >= 11 is 3.36. The molecule has 0 fully saturated rings. The molecule has 0 aliphatic heterocycles. The summed E-state index contributed by atoms with van der Waals surface area (Å²) in [6.07, 6.45) is 1.73.